The van der Waals surface area contributed by atoms with Crippen LogP contribution in [0.1, 0.15) is 5.56 Å². The van der Waals surface area contributed by atoms with Crippen molar-refractivity contribution in [2.75, 3.05) is 39.4 Å². The van der Waals surface area contributed by atoms with Gasteiger partial charge in [-0.15, -0.1) is 0 Å². The standard InChI is InChI=1S/C15H18FN3O3/c16-13-3-1-12(2-4-13)9-17-19-11-14(22-15(19)20)10-18-5-7-21-8-6-18/h1-4,9,14H,5-8,10-11H2/b17-9+/t14-/m0/s1. The lowest BCUT2D eigenvalue weighted by atomic mass is 10.2. The average Bonchev–Trinajstić information content (AvgIpc) is 2.87. The van der Waals surface area contributed by atoms with Crippen molar-refractivity contribution in [3.8, 4) is 0 Å². The van der Waals surface area contributed by atoms with Gasteiger partial charge in [-0.25, -0.2) is 9.18 Å². The summed E-state index contributed by atoms with van der Waals surface area (Å²) in [6.45, 7) is 4.26. The molecule has 0 unspecified atom stereocenters. The molecule has 1 amide bonds. The fourth-order valence-electron chi connectivity index (χ4n) is 2.45. The smallest absolute Gasteiger partial charge is 0.430 e. The van der Waals surface area contributed by atoms with E-state index in [-0.39, 0.29) is 11.9 Å². The number of ether oxygens (including phenoxy) is 2. The van der Waals surface area contributed by atoms with Crippen LogP contribution in [0.2, 0.25) is 0 Å². The molecular weight excluding hydrogens is 289 g/mol. The van der Waals surface area contributed by atoms with Gasteiger partial charge < -0.3 is 9.47 Å². The Morgan fingerprint density at radius 1 is 1.27 bits per heavy atom. The van der Waals surface area contributed by atoms with Crippen LogP contribution in [0.4, 0.5) is 9.18 Å². The molecule has 0 aromatic heterocycles. The minimum atomic E-state index is -0.448. The van der Waals surface area contributed by atoms with Gasteiger partial charge in [0.1, 0.15) is 11.9 Å². The second-order valence-electron chi connectivity index (χ2n) is 5.30. The fraction of sp³-hybridized carbons (Fsp3) is 0.467. The summed E-state index contributed by atoms with van der Waals surface area (Å²) < 4.78 is 23.4. The molecule has 2 fully saturated rings. The third-order valence-electron chi connectivity index (χ3n) is 3.64. The highest BCUT2D eigenvalue weighted by Gasteiger charge is 2.32. The van der Waals surface area contributed by atoms with Crippen molar-refractivity contribution in [3.63, 3.8) is 0 Å². The lowest BCUT2D eigenvalue weighted by Crippen LogP contribution is -2.41. The molecule has 1 aromatic carbocycles. The number of hydrogen-bond acceptors (Lipinski definition) is 5. The van der Waals surface area contributed by atoms with E-state index < -0.39 is 6.09 Å². The summed E-state index contributed by atoms with van der Waals surface area (Å²) in [7, 11) is 0. The van der Waals surface area contributed by atoms with E-state index in [1.807, 2.05) is 0 Å². The number of carbonyl (C=O) groups is 1. The zero-order valence-electron chi connectivity index (χ0n) is 12.2. The third-order valence-corrected chi connectivity index (χ3v) is 3.64. The maximum atomic E-state index is 12.8. The molecule has 0 bridgehead atoms. The number of morpholine rings is 1. The average molecular weight is 307 g/mol. The fourth-order valence-corrected chi connectivity index (χ4v) is 2.45. The lowest BCUT2D eigenvalue weighted by molar-refractivity contribution is 0.0188. The molecule has 2 aliphatic rings. The van der Waals surface area contributed by atoms with Gasteiger partial charge in [-0.3, -0.25) is 4.90 Å². The Morgan fingerprint density at radius 2 is 2.00 bits per heavy atom. The number of hydrogen-bond donors (Lipinski definition) is 0. The molecule has 0 saturated carbocycles. The predicted molar refractivity (Wildman–Crippen MR) is 78.2 cm³/mol. The number of amides is 1. The summed E-state index contributed by atoms with van der Waals surface area (Å²) >= 11 is 0. The van der Waals surface area contributed by atoms with Crippen LogP contribution in [-0.4, -0.2) is 67.7 Å². The summed E-state index contributed by atoms with van der Waals surface area (Å²) in [4.78, 5) is 14.0. The molecule has 6 nitrogen and oxygen atoms in total. The zero-order chi connectivity index (χ0) is 15.4. The molecule has 7 heteroatoms. The van der Waals surface area contributed by atoms with Crippen LogP contribution in [-0.2, 0) is 9.47 Å². The summed E-state index contributed by atoms with van der Waals surface area (Å²) in [5.74, 6) is -0.302. The molecule has 3 rings (SSSR count). The van der Waals surface area contributed by atoms with Crippen molar-refractivity contribution in [3.05, 3.63) is 35.6 Å². The Hall–Kier alpha value is -1.99. The number of rotatable bonds is 4. The Labute approximate surface area is 128 Å². The maximum Gasteiger partial charge on any atom is 0.430 e. The molecule has 22 heavy (non-hydrogen) atoms. The summed E-state index contributed by atoms with van der Waals surface area (Å²) in [6.07, 6.45) is 0.894. The molecule has 0 N–H and O–H groups in total. The van der Waals surface area contributed by atoms with E-state index in [9.17, 15) is 9.18 Å². The van der Waals surface area contributed by atoms with E-state index in [1.165, 1.54) is 23.4 Å². The number of nitrogens with zero attached hydrogens (tertiary/aromatic N) is 3. The Kier molecular flexibility index (Phi) is 4.65. The van der Waals surface area contributed by atoms with Gasteiger partial charge in [0.2, 0.25) is 0 Å². The van der Waals surface area contributed by atoms with Crippen LogP contribution in [0.5, 0.6) is 0 Å². The van der Waals surface area contributed by atoms with Gasteiger partial charge in [-0.1, -0.05) is 12.1 Å². The third kappa shape index (κ3) is 3.80. The second-order valence-corrected chi connectivity index (χ2v) is 5.30. The van der Waals surface area contributed by atoms with Gasteiger partial charge in [0.25, 0.3) is 0 Å². The monoisotopic (exact) mass is 307 g/mol. The molecule has 0 spiro atoms. The van der Waals surface area contributed by atoms with E-state index in [0.29, 0.717) is 26.3 Å². The minimum absolute atomic E-state index is 0.184. The van der Waals surface area contributed by atoms with Gasteiger partial charge in [0, 0.05) is 19.6 Å². The van der Waals surface area contributed by atoms with Crippen molar-refractivity contribution in [1.29, 1.82) is 0 Å². The van der Waals surface area contributed by atoms with Crippen molar-refractivity contribution < 1.29 is 18.7 Å². The molecule has 2 heterocycles. The molecule has 118 valence electrons. The van der Waals surface area contributed by atoms with Crippen LogP contribution in [0.15, 0.2) is 29.4 Å². The van der Waals surface area contributed by atoms with Gasteiger partial charge >= 0.3 is 6.09 Å². The van der Waals surface area contributed by atoms with Crippen molar-refractivity contribution in [2.24, 2.45) is 5.10 Å². The highest BCUT2D eigenvalue weighted by molar-refractivity contribution is 5.81. The zero-order valence-corrected chi connectivity index (χ0v) is 12.2. The normalized spacial score (nSPS) is 23.2. The van der Waals surface area contributed by atoms with E-state index in [4.69, 9.17) is 9.47 Å². The van der Waals surface area contributed by atoms with Crippen LogP contribution < -0.4 is 0 Å². The molecule has 2 saturated heterocycles. The van der Waals surface area contributed by atoms with Crippen LogP contribution in [0, 0.1) is 5.82 Å². The van der Waals surface area contributed by atoms with Crippen molar-refractivity contribution in [2.45, 2.75) is 6.10 Å². The first-order chi connectivity index (χ1) is 10.7. The van der Waals surface area contributed by atoms with Gasteiger partial charge in [0.05, 0.1) is 26.0 Å². The van der Waals surface area contributed by atoms with E-state index in [1.54, 1.807) is 12.1 Å². The predicted octanol–water partition coefficient (Wildman–Crippen LogP) is 1.31. The first kappa shape index (κ1) is 14.9. The van der Waals surface area contributed by atoms with E-state index in [2.05, 4.69) is 10.0 Å². The van der Waals surface area contributed by atoms with Crippen LogP contribution >= 0.6 is 0 Å². The van der Waals surface area contributed by atoms with Crippen molar-refractivity contribution in [1.82, 2.24) is 9.91 Å². The molecule has 1 atom stereocenters. The van der Waals surface area contributed by atoms with Gasteiger partial charge in [-0.2, -0.15) is 10.1 Å². The molecule has 0 aliphatic carbocycles. The molecule has 0 radical (unpaired) electrons. The topological polar surface area (TPSA) is 54.4 Å². The largest absolute Gasteiger partial charge is 0.441 e. The van der Waals surface area contributed by atoms with Crippen molar-refractivity contribution >= 4 is 12.3 Å². The quantitative estimate of drug-likeness (QED) is 0.787. The Balaban J connectivity index is 1.54. The molecular formula is C15H18FN3O3. The van der Waals surface area contributed by atoms with E-state index >= 15 is 0 Å². The number of benzene rings is 1. The summed E-state index contributed by atoms with van der Waals surface area (Å²) in [6, 6.07) is 5.91. The van der Waals surface area contributed by atoms with E-state index in [0.717, 1.165) is 18.7 Å². The highest BCUT2D eigenvalue weighted by atomic mass is 19.1. The van der Waals surface area contributed by atoms with Crippen LogP contribution in [0.25, 0.3) is 0 Å². The first-order valence-corrected chi connectivity index (χ1v) is 7.28. The summed E-state index contributed by atoms with van der Waals surface area (Å²) in [5, 5.41) is 5.42. The van der Waals surface area contributed by atoms with Gasteiger partial charge in [0.15, 0.2) is 0 Å². The SMILES string of the molecule is O=C1O[C@@H](CN2CCOCC2)CN1/N=C/c1ccc(F)cc1. The molecule has 1 aromatic rings. The maximum absolute atomic E-state index is 12.8. The van der Waals surface area contributed by atoms with Crippen LogP contribution in [0.3, 0.4) is 0 Å². The Bertz CT molecular complexity index is 543. The number of hydrazone groups is 1. The molecule has 2 aliphatic heterocycles. The second kappa shape index (κ2) is 6.85. The minimum Gasteiger partial charge on any atom is -0.441 e. The van der Waals surface area contributed by atoms with Gasteiger partial charge in [-0.05, 0) is 17.7 Å². The number of carbonyl (C=O) groups excluding carboxylic acids is 1. The summed E-state index contributed by atoms with van der Waals surface area (Å²) in [5.41, 5.74) is 0.728. The first-order valence-electron chi connectivity index (χ1n) is 7.28. The number of cyclic esters (lactones) is 1. The lowest BCUT2D eigenvalue weighted by Gasteiger charge is -2.27. The highest BCUT2D eigenvalue weighted by Crippen LogP contribution is 2.14. The Morgan fingerprint density at radius 3 is 2.73 bits per heavy atom. The number of halogens is 1.